The minimum atomic E-state index is 0.124. The molecule has 4 rings (SSSR count). The summed E-state index contributed by atoms with van der Waals surface area (Å²) in [7, 11) is 1.67. The lowest BCUT2D eigenvalue weighted by Crippen LogP contribution is -2.28. The van der Waals surface area contributed by atoms with Gasteiger partial charge in [0.05, 0.1) is 6.61 Å². The number of ether oxygens (including phenoxy) is 4. The van der Waals surface area contributed by atoms with E-state index in [0.717, 1.165) is 42.4 Å². The Kier molecular flexibility index (Phi) is 5.48. The first-order valence-corrected chi connectivity index (χ1v) is 9.31. The summed E-state index contributed by atoms with van der Waals surface area (Å²) in [5.41, 5.74) is 8.83. The largest absolute Gasteiger partial charge is 0.491 e. The van der Waals surface area contributed by atoms with Gasteiger partial charge in [-0.05, 0) is 11.6 Å². The molecule has 1 saturated heterocycles. The van der Waals surface area contributed by atoms with Gasteiger partial charge in [-0.3, -0.25) is 4.90 Å². The topological polar surface area (TPSA) is 66.2 Å². The quantitative estimate of drug-likeness (QED) is 0.755. The van der Waals surface area contributed by atoms with Crippen molar-refractivity contribution in [1.29, 1.82) is 0 Å². The highest BCUT2D eigenvalue weighted by Gasteiger charge is 2.32. The van der Waals surface area contributed by atoms with Crippen LogP contribution >= 0.6 is 0 Å². The van der Waals surface area contributed by atoms with Gasteiger partial charge in [0.2, 0.25) is 6.79 Å². The summed E-state index contributed by atoms with van der Waals surface area (Å²) in [5.74, 6) is 2.66. The third kappa shape index (κ3) is 4.03. The van der Waals surface area contributed by atoms with Crippen molar-refractivity contribution in [2.24, 2.45) is 5.73 Å². The number of hydrogen-bond acceptors (Lipinski definition) is 6. The average molecular weight is 370 g/mol. The van der Waals surface area contributed by atoms with Crippen molar-refractivity contribution in [1.82, 2.24) is 4.90 Å². The SMILES string of the molecule is COCCOc1cc2c(cc1CN1C[C@@H](N)[C@H](c3ccccc3)C1)OCO2. The third-order valence-corrected chi connectivity index (χ3v) is 5.16. The van der Waals surface area contributed by atoms with Crippen molar-refractivity contribution < 1.29 is 18.9 Å². The molecule has 27 heavy (non-hydrogen) atoms. The predicted octanol–water partition coefficient (Wildman–Crippen LogP) is 2.37. The number of likely N-dealkylation sites (tertiary alicyclic amines) is 1. The monoisotopic (exact) mass is 370 g/mol. The summed E-state index contributed by atoms with van der Waals surface area (Å²) >= 11 is 0. The average Bonchev–Trinajstić information content (AvgIpc) is 3.28. The number of hydrogen-bond donors (Lipinski definition) is 1. The maximum Gasteiger partial charge on any atom is 0.231 e. The fourth-order valence-electron chi connectivity index (χ4n) is 3.79. The molecule has 2 N–H and O–H groups in total. The zero-order valence-corrected chi connectivity index (χ0v) is 15.6. The van der Waals surface area contributed by atoms with Gasteiger partial charge in [-0.25, -0.2) is 0 Å². The molecule has 6 heteroatoms. The lowest BCUT2D eigenvalue weighted by atomic mass is 9.95. The van der Waals surface area contributed by atoms with Gasteiger partial charge >= 0.3 is 0 Å². The lowest BCUT2D eigenvalue weighted by Gasteiger charge is -2.19. The molecule has 6 nitrogen and oxygen atoms in total. The van der Waals surface area contributed by atoms with Crippen LogP contribution in [0.4, 0.5) is 0 Å². The summed E-state index contributed by atoms with van der Waals surface area (Å²) in [6.45, 7) is 3.83. The Labute approximate surface area is 159 Å². The summed E-state index contributed by atoms with van der Waals surface area (Å²) in [5, 5.41) is 0. The minimum absolute atomic E-state index is 0.124. The molecule has 144 valence electrons. The predicted molar refractivity (Wildman–Crippen MR) is 102 cm³/mol. The second kappa shape index (κ2) is 8.17. The van der Waals surface area contributed by atoms with Crippen LogP contribution in [0.25, 0.3) is 0 Å². The van der Waals surface area contributed by atoms with E-state index in [9.17, 15) is 0 Å². The van der Waals surface area contributed by atoms with E-state index in [4.69, 9.17) is 24.7 Å². The van der Waals surface area contributed by atoms with E-state index < -0.39 is 0 Å². The van der Waals surface area contributed by atoms with Gasteiger partial charge in [-0.1, -0.05) is 30.3 Å². The molecule has 0 amide bonds. The standard InChI is InChI=1S/C21H26N2O4/c1-24-7-8-25-19-10-21-20(26-14-27-21)9-16(19)11-23-12-17(18(22)13-23)15-5-3-2-4-6-15/h2-6,9-10,17-18H,7-8,11-14,22H2,1H3/t17-,18+/m0/s1. The molecule has 2 aliphatic rings. The molecule has 2 heterocycles. The van der Waals surface area contributed by atoms with Crippen molar-refractivity contribution in [3.63, 3.8) is 0 Å². The van der Waals surface area contributed by atoms with Gasteiger partial charge in [0.1, 0.15) is 12.4 Å². The Morgan fingerprint density at radius 1 is 1.07 bits per heavy atom. The highest BCUT2D eigenvalue weighted by Crippen LogP contribution is 2.39. The molecule has 0 aliphatic carbocycles. The zero-order valence-electron chi connectivity index (χ0n) is 15.6. The van der Waals surface area contributed by atoms with Crippen molar-refractivity contribution >= 4 is 0 Å². The van der Waals surface area contributed by atoms with E-state index >= 15 is 0 Å². The molecule has 2 aromatic carbocycles. The molecule has 2 atom stereocenters. The molecule has 2 aromatic rings. The summed E-state index contributed by atoms with van der Waals surface area (Å²) < 4.78 is 22.1. The molecular weight excluding hydrogens is 344 g/mol. The first-order valence-electron chi connectivity index (χ1n) is 9.31. The Morgan fingerprint density at radius 3 is 2.63 bits per heavy atom. The molecule has 0 unspecified atom stereocenters. The highest BCUT2D eigenvalue weighted by molar-refractivity contribution is 5.52. The Morgan fingerprint density at radius 2 is 1.85 bits per heavy atom. The van der Waals surface area contributed by atoms with Crippen LogP contribution in [0.1, 0.15) is 17.0 Å². The van der Waals surface area contributed by atoms with Gasteiger partial charge in [0.15, 0.2) is 11.5 Å². The smallest absolute Gasteiger partial charge is 0.231 e. The number of nitrogens with zero attached hydrogens (tertiary/aromatic N) is 1. The van der Waals surface area contributed by atoms with Crippen LogP contribution in [0.15, 0.2) is 42.5 Å². The van der Waals surface area contributed by atoms with Crippen LogP contribution in [0, 0.1) is 0 Å². The van der Waals surface area contributed by atoms with Crippen LogP contribution in [-0.4, -0.2) is 51.1 Å². The Balaban J connectivity index is 1.50. The molecule has 0 saturated carbocycles. The molecule has 0 spiro atoms. The van der Waals surface area contributed by atoms with Crippen molar-refractivity contribution in [3.05, 3.63) is 53.6 Å². The summed E-state index contributed by atoms with van der Waals surface area (Å²) in [4.78, 5) is 2.38. The van der Waals surface area contributed by atoms with E-state index in [0.29, 0.717) is 19.1 Å². The number of fused-ring (bicyclic) bond motifs is 1. The summed E-state index contributed by atoms with van der Waals surface area (Å²) in [6, 6.07) is 14.6. The fourth-order valence-corrected chi connectivity index (χ4v) is 3.79. The number of rotatable bonds is 7. The minimum Gasteiger partial charge on any atom is -0.491 e. The molecule has 0 bridgehead atoms. The first-order chi connectivity index (χ1) is 13.2. The second-order valence-electron chi connectivity index (χ2n) is 7.03. The van der Waals surface area contributed by atoms with E-state index in [1.165, 1.54) is 5.56 Å². The van der Waals surface area contributed by atoms with Gasteiger partial charge in [-0.15, -0.1) is 0 Å². The van der Waals surface area contributed by atoms with Gasteiger partial charge in [0.25, 0.3) is 0 Å². The highest BCUT2D eigenvalue weighted by atomic mass is 16.7. The molecule has 0 aromatic heterocycles. The van der Waals surface area contributed by atoms with E-state index in [1.807, 2.05) is 18.2 Å². The van der Waals surface area contributed by atoms with Crippen LogP contribution in [0.5, 0.6) is 17.2 Å². The van der Waals surface area contributed by atoms with Crippen LogP contribution in [-0.2, 0) is 11.3 Å². The first kappa shape index (κ1) is 18.1. The van der Waals surface area contributed by atoms with Crippen molar-refractivity contribution in [2.45, 2.75) is 18.5 Å². The third-order valence-electron chi connectivity index (χ3n) is 5.16. The zero-order chi connectivity index (χ0) is 18.6. The Hall–Kier alpha value is -2.28. The van der Waals surface area contributed by atoms with Gasteiger partial charge in [-0.2, -0.15) is 0 Å². The molecular formula is C21H26N2O4. The summed E-state index contributed by atoms with van der Waals surface area (Å²) in [6.07, 6.45) is 0. The number of nitrogens with two attached hydrogens (primary N) is 1. The fraction of sp³-hybridized carbons (Fsp3) is 0.429. The second-order valence-corrected chi connectivity index (χ2v) is 7.03. The molecule has 0 radical (unpaired) electrons. The van der Waals surface area contributed by atoms with Crippen molar-refractivity contribution in [2.75, 3.05) is 40.2 Å². The Bertz CT molecular complexity index is 768. The van der Waals surface area contributed by atoms with Crippen LogP contribution in [0.2, 0.25) is 0 Å². The maximum atomic E-state index is 6.45. The van der Waals surface area contributed by atoms with Gasteiger partial charge in [0, 0.05) is 50.3 Å². The number of methoxy groups -OCH3 is 1. The van der Waals surface area contributed by atoms with E-state index in [2.05, 4.69) is 29.2 Å². The van der Waals surface area contributed by atoms with Gasteiger partial charge < -0.3 is 24.7 Å². The lowest BCUT2D eigenvalue weighted by molar-refractivity contribution is 0.145. The molecule has 1 fully saturated rings. The van der Waals surface area contributed by atoms with Crippen molar-refractivity contribution in [3.8, 4) is 17.2 Å². The van der Waals surface area contributed by atoms with E-state index in [-0.39, 0.29) is 12.8 Å². The number of benzene rings is 2. The van der Waals surface area contributed by atoms with E-state index in [1.54, 1.807) is 7.11 Å². The van der Waals surface area contributed by atoms with Crippen LogP contribution in [0.3, 0.4) is 0 Å². The van der Waals surface area contributed by atoms with Crippen LogP contribution < -0.4 is 19.9 Å². The maximum absolute atomic E-state index is 6.45. The normalized spacial score (nSPS) is 21.6. The molecule has 2 aliphatic heterocycles.